The molecule has 0 spiro atoms. The highest BCUT2D eigenvalue weighted by Crippen LogP contribution is 2.03. The maximum absolute atomic E-state index is 11.2. The van der Waals surface area contributed by atoms with E-state index >= 15 is 0 Å². The maximum Gasteiger partial charge on any atom is 0.162 e. The minimum absolute atomic E-state index is 0.244. The average molecular weight is 176 g/mol. The van der Waals surface area contributed by atoms with Gasteiger partial charge in [-0.15, -0.1) is 13.2 Å². The zero-order chi connectivity index (χ0) is 10.1. The normalized spacial score (nSPS) is 8.38. The van der Waals surface area contributed by atoms with Crippen molar-refractivity contribution in [2.24, 2.45) is 0 Å². The van der Waals surface area contributed by atoms with Gasteiger partial charge in [-0.2, -0.15) is 0 Å². The number of rotatable bonds is 3. The summed E-state index contributed by atoms with van der Waals surface area (Å²) in [5.74, 6) is 0.244. The fourth-order valence-electron chi connectivity index (χ4n) is 0.995. The molecule has 0 aromatic heterocycles. The third kappa shape index (κ3) is 4.26. The van der Waals surface area contributed by atoms with Gasteiger partial charge in [0.25, 0.3) is 0 Å². The zero-order valence-electron chi connectivity index (χ0n) is 8.12. The van der Waals surface area contributed by atoms with Crippen molar-refractivity contribution >= 4 is 5.78 Å². The van der Waals surface area contributed by atoms with Gasteiger partial charge in [0.1, 0.15) is 0 Å². The van der Waals surface area contributed by atoms with Crippen LogP contribution in [0.5, 0.6) is 0 Å². The van der Waals surface area contributed by atoms with Gasteiger partial charge in [0.2, 0.25) is 0 Å². The summed E-state index contributed by atoms with van der Waals surface area (Å²) in [6.07, 6.45) is 1.58. The summed E-state index contributed by atoms with van der Waals surface area (Å²) >= 11 is 0. The highest BCUT2D eigenvalue weighted by Gasteiger charge is 2.01. The highest BCUT2D eigenvalue weighted by atomic mass is 16.1. The predicted octanol–water partition coefficient (Wildman–Crippen LogP) is 3.47. The van der Waals surface area contributed by atoms with E-state index in [1.807, 2.05) is 37.3 Å². The quantitative estimate of drug-likeness (QED) is 0.509. The molecule has 70 valence electrons. The van der Waals surface area contributed by atoms with Crippen LogP contribution in [0.4, 0.5) is 0 Å². The van der Waals surface area contributed by atoms with E-state index in [-0.39, 0.29) is 5.78 Å². The van der Waals surface area contributed by atoms with Crippen molar-refractivity contribution in [3.05, 3.63) is 49.1 Å². The molecule has 0 aliphatic carbocycles. The van der Waals surface area contributed by atoms with Crippen LogP contribution in [0.25, 0.3) is 0 Å². The first kappa shape index (κ1) is 11.6. The van der Waals surface area contributed by atoms with Gasteiger partial charge in [-0.05, 0) is 6.42 Å². The van der Waals surface area contributed by atoms with Crippen LogP contribution >= 0.6 is 0 Å². The Hall–Kier alpha value is -1.37. The second-order valence-corrected chi connectivity index (χ2v) is 2.54. The van der Waals surface area contributed by atoms with Crippen LogP contribution in [0.1, 0.15) is 30.1 Å². The molecule has 13 heavy (non-hydrogen) atoms. The highest BCUT2D eigenvalue weighted by molar-refractivity contribution is 5.95. The third-order valence-electron chi connectivity index (χ3n) is 1.57. The van der Waals surface area contributed by atoms with Crippen LogP contribution in [-0.4, -0.2) is 5.78 Å². The molecular weight excluding hydrogens is 160 g/mol. The molecule has 0 unspecified atom stereocenters. The lowest BCUT2D eigenvalue weighted by Crippen LogP contribution is -1.96. The van der Waals surface area contributed by atoms with Gasteiger partial charge in [0.15, 0.2) is 5.78 Å². The molecule has 0 heterocycles. The molecule has 0 saturated carbocycles. The van der Waals surface area contributed by atoms with Crippen molar-refractivity contribution in [2.75, 3.05) is 0 Å². The number of hydrogen-bond acceptors (Lipinski definition) is 1. The minimum Gasteiger partial charge on any atom is -0.294 e. The molecule has 0 radical (unpaired) electrons. The number of carbonyl (C=O) groups excluding carboxylic acids is 1. The molecule has 0 aliphatic rings. The molecule has 1 aromatic rings. The van der Waals surface area contributed by atoms with Crippen LogP contribution < -0.4 is 0 Å². The molecule has 0 amide bonds. The van der Waals surface area contributed by atoms with E-state index in [2.05, 4.69) is 13.2 Å². The van der Waals surface area contributed by atoms with Crippen molar-refractivity contribution in [1.29, 1.82) is 0 Å². The fraction of sp³-hybridized carbons (Fsp3) is 0.250. The van der Waals surface area contributed by atoms with Crippen LogP contribution in [-0.2, 0) is 0 Å². The standard InChI is InChI=1S/C10H12O.C2H4/c1-2-6-10(11)9-7-4-3-5-8-9;1-2/h3-5,7-8H,2,6H2,1H3;1-2H2. The van der Waals surface area contributed by atoms with E-state index < -0.39 is 0 Å². The predicted molar refractivity (Wildman–Crippen MR) is 56.9 cm³/mol. The lowest BCUT2D eigenvalue weighted by molar-refractivity contribution is 0.0982. The largest absolute Gasteiger partial charge is 0.294 e. The summed E-state index contributed by atoms with van der Waals surface area (Å²) in [6.45, 7) is 8.01. The van der Waals surface area contributed by atoms with Crippen molar-refractivity contribution < 1.29 is 4.79 Å². The van der Waals surface area contributed by atoms with Crippen LogP contribution in [0, 0.1) is 0 Å². The minimum atomic E-state index is 0.244. The van der Waals surface area contributed by atoms with Crippen LogP contribution in [0.2, 0.25) is 0 Å². The van der Waals surface area contributed by atoms with Gasteiger partial charge in [-0.1, -0.05) is 37.3 Å². The van der Waals surface area contributed by atoms with Gasteiger partial charge in [0, 0.05) is 12.0 Å². The summed E-state index contributed by atoms with van der Waals surface area (Å²) in [7, 11) is 0. The molecule has 0 saturated heterocycles. The molecule has 1 heteroatoms. The first-order chi connectivity index (χ1) is 6.34. The SMILES string of the molecule is C=C.CCCC(=O)c1ccccc1. The summed E-state index contributed by atoms with van der Waals surface area (Å²) in [4.78, 5) is 11.2. The van der Waals surface area contributed by atoms with Crippen molar-refractivity contribution in [3.8, 4) is 0 Å². The smallest absolute Gasteiger partial charge is 0.162 e. The first-order valence-corrected chi connectivity index (χ1v) is 4.43. The summed E-state index contributed by atoms with van der Waals surface area (Å²) in [5, 5.41) is 0. The van der Waals surface area contributed by atoms with E-state index in [0.29, 0.717) is 6.42 Å². The third-order valence-corrected chi connectivity index (χ3v) is 1.57. The van der Waals surface area contributed by atoms with Crippen LogP contribution in [0.15, 0.2) is 43.5 Å². The Morgan fingerprint density at radius 2 is 1.77 bits per heavy atom. The molecule has 0 fully saturated rings. The second kappa shape index (κ2) is 7.29. The van der Waals surface area contributed by atoms with Crippen molar-refractivity contribution in [2.45, 2.75) is 19.8 Å². The summed E-state index contributed by atoms with van der Waals surface area (Å²) in [6, 6.07) is 9.42. The fourth-order valence-corrected chi connectivity index (χ4v) is 0.995. The number of carbonyl (C=O) groups is 1. The Morgan fingerprint density at radius 3 is 2.23 bits per heavy atom. The Morgan fingerprint density at radius 1 is 1.23 bits per heavy atom. The molecule has 0 aliphatic heterocycles. The summed E-state index contributed by atoms with van der Waals surface area (Å²) < 4.78 is 0. The van der Waals surface area contributed by atoms with E-state index in [1.54, 1.807) is 0 Å². The topological polar surface area (TPSA) is 17.1 Å². The molecule has 1 nitrogen and oxygen atoms in total. The molecule has 0 bridgehead atoms. The molecule has 1 aromatic carbocycles. The van der Waals surface area contributed by atoms with Gasteiger partial charge < -0.3 is 0 Å². The van der Waals surface area contributed by atoms with Gasteiger partial charge >= 0.3 is 0 Å². The number of ketones is 1. The zero-order valence-corrected chi connectivity index (χ0v) is 8.12. The summed E-state index contributed by atoms with van der Waals surface area (Å²) in [5.41, 5.74) is 0.828. The van der Waals surface area contributed by atoms with E-state index in [1.165, 1.54) is 0 Å². The molecular formula is C12H16O. The molecule has 0 N–H and O–H groups in total. The number of Topliss-reactive ketones (excluding diaryl/α,β-unsaturated/α-hetero) is 1. The first-order valence-electron chi connectivity index (χ1n) is 4.43. The van der Waals surface area contributed by atoms with Gasteiger partial charge in [-0.25, -0.2) is 0 Å². The number of hydrogen-bond donors (Lipinski definition) is 0. The lowest BCUT2D eigenvalue weighted by atomic mass is 10.1. The Labute approximate surface area is 80.1 Å². The number of benzene rings is 1. The van der Waals surface area contributed by atoms with Gasteiger partial charge in [-0.3, -0.25) is 4.79 Å². The Bertz CT molecular complexity index is 239. The van der Waals surface area contributed by atoms with E-state index in [9.17, 15) is 4.79 Å². The lowest BCUT2D eigenvalue weighted by Gasteiger charge is -1.96. The van der Waals surface area contributed by atoms with E-state index in [4.69, 9.17) is 0 Å². The average Bonchev–Trinajstić information content (AvgIpc) is 2.23. The maximum atomic E-state index is 11.2. The van der Waals surface area contributed by atoms with E-state index in [0.717, 1.165) is 12.0 Å². The Kier molecular flexibility index (Phi) is 6.52. The van der Waals surface area contributed by atoms with Crippen molar-refractivity contribution in [3.63, 3.8) is 0 Å². The van der Waals surface area contributed by atoms with Gasteiger partial charge in [0.05, 0.1) is 0 Å². The Balaban J connectivity index is 0.000000671. The molecule has 1 rings (SSSR count). The molecule has 0 atom stereocenters. The monoisotopic (exact) mass is 176 g/mol. The van der Waals surface area contributed by atoms with Crippen LogP contribution in [0.3, 0.4) is 0 Å². The second-order valence-electron chi connectivity index (χ2n) is 2.54. The van der Waals surface area contributed by atoms with Crippen molar-refractivity contribution in [1.82, 2.24) is 0 Å².